The summed E-state index contributed by atoms with van der Waals surface area (Å²) in [5, 5.41) is 10.4. The maximum atomic E-state index is 10.9. The molecule has 4 heteroatoms. The molecule has 0 saturated heterocycles. The van der Waals surface area contributed by atoms with Crippen LogP contribution in [0.25, 0.3) is 0 Å². The van der Waals surface area contributed by atoms with Crippen molar-refractivity contribution >= 4 is 22.2 Å². The molecule has 0 amide bonds. The Morgan fingerprint density at radius 3 is 2.60 bits per heavy atom. The van der Waals surface area contributed by atoms with E-state index >= 15 is 0 Å². The largest absolute Gasteiger partial charge is 0.490 e. The number of carbonyl (C=O) groups excluding carboxylic acids is 1. The zero-order chi connectivity index (χ0) is 14.6. The Bertz CT molecular complexity index is 594. The lowest BCUT2D eigenvalue weighted by molar-refractivity contribution is 0.00759. The number of aliphatic hydroxyl groups is 1. The molecule has 3 nitrogen and oxygen atoms in total. The fraction of sp³-hybridized carbons (Fsp3) is 0.188. The van der Waals surface area contributed by atoms with E-state index in [-0.39, 0.29) is 6.61 Å². The van der Waals surface area contributed by atoms with Crippen molar-refractivity contribution in [2.45, 2.75) is 12.5 Å². The van der Waals surface area contributed by atoms with Gasteiger partial charge in [-0.25, -0.2) is 0 Å². The minimum absolute atomic E-state index is 0.108. The van der Waals surface area contributed by atoms with E-state index in [1.165, 1.54) is 0 Å². The third kappa shape index (κ3) is 3.46. The highest BCUT2D eigenvalue weighted by Crippen LogP contribution is 2.25. The monoisotopic (exact) mass is 334 g/mol. The summed E-state index contributed by atoms with van der Waals surface area (Å²) in [6.45, 7) is 1.80. The van der Waals surface area contributed by atoms with E-state index in [9.17, 15) is 9.90 Å². The van der Waals surface area contributed by atoms with E-state index in [0.717, 1.165) is 16.3 Å². The first-order chi connectivity index (χ1) is 9.53. The summed E-state index contributed by atoms with van der Waals surface area (Å²) >= 11 is 3.28. The van der Waals surface area contributed by atoms with Crippen LogP contribution in [0.2, 0.25) is 0 Å². The molecule has 0 spiro atoms. The molecule has 2 aromatic rings. The lowest BCUT2D eigenvalue weighted by Crippen LogP contribution is -2.29. The molecule has 0 saturated carbocycles. The summed E-state index contributed by atoms with van der Waals surface area (Å²) in [5.41, 5.74) is 0.213. The van der Waals surface area contributed by atoms with Gasteiger partial charge in [0.15, 0.2) is 6.29 Å². The van der Waals surface area contributed by atoms with Crippen molar-refractivity contribution in [3.05, 3.63) is 64.1 Å². The third-order valence-electron chi connectivity index (χ3n) is 3.01. The number of benzene rings is 2. The van der Waals surface area contributed by atoms with Gasteiger partial charge in [-0.2, -0.15) is 0 Å². The minimum atomic E-state index is -1.09. The second kappa shape index (κ2) is 6.20. The molecule has 0 aromatic heterocycles. The summed E-state index contributed by atoms with van der Waals surface area (Å²) in [4.78, 5) is 10.9. The third-order valence-corrected chi connectivity index (χ3v) is 3.73. The number of aldehydes is 1. The number of hydrogen-bond donors (Lipinski definition) is 1. The summed E-state index contributed by atoms with van der Waals surface area (Å²) in [5.74, 6) is 0.548. The topological polar surface area (TPSA) is 46.5 Å². The molecule has 20 heavy (non-hydrogen) atoms. The van der Waals surface area contributed by atoms with Crippen molar-refractivity contribution in [3.63, 3.8) is 0 Å². The van der Waals surface area contributed by atoms with Crippen LogP contribution in [0.5, 0.6) is 5.75 Å². The van der Waals surface area contributed by atoms with Crippen LogP contribution in [0.4, 0.5) is 0 Å². The molecule has 2 rings (SSSR count). The van der Waals surface area contributed by atoms with Gasteiger partial charge in [-0.3, -0.25) is 4.79 Å². The molecule has 0 heterocycles. The van der Waals surface area contributed by atoms with Gasteiger partial charge in [-0.15, -0.1) is 0 Å². The van der Waals surface area contributed by atoms with Crippen LogP contribution >= 0.6 is 15.9 Å². The molecular formula is C16H15BrO3. The molecule has 1 unspecified atom stereocenters. The van der Waals surface area contributed by atoms with Crippen LogP contribution in [-0.4, -0.2) is 18.0 Å². The Balaban J connectivity index is 2.10. The molecule has 1 atom stereocenters. The van der Waals surface area contributed by atoms with E-state index < -0.39 is 5.60 Å². The average molecular weight is 335 g/mol. The van der Waals surface area contributed by atoms with Gasteiger partial charge >= 0.3 is 0 Å². The highest BCUT2D eigenvalue weighted by atomic mass is 79.9. The van der Waals surface area contributed by atoms with Crippen molar-refractivity contribution in [1.29, 1.82) is 0 Å². The number of halogens is 1. The summed E-state index contributed by atoms with van der Waals surface area (Å²) < 4.78 is 6.31. The van der Waals surface area contributed by atoms with Crippen LogP contribution in [0, 0.1) is 0 Å². The van der Waals surface area contributed by atoms with E-state index in [4.69, 9.17) is 4.74 Å². The zero-order valence-corrected chi connectivity index (χ0v) is 12.6. The Labute approximate surface area is 126 Å². The predicted octanol–water partition coefficient (Wildman–Crippen LogP) is 3.55. The van der Waals surface area contributed by atoms with Crippen molar-refractivity contribution in [3.8, 4) is 5.75 Å². The van der Waals surface area contributed by atoms with Gasteiger partial charge in [0.1, 0.15) is 18.0 Å². The quantitative estimate of drug-likeness (QED) is 0.850. The molecule has 0 aliphatic rings. The number of rotatable bonds is 5. The molecule has 1 N–H and O–H groups in total. The van der Waals surface area contributed by atoms with Gasteiger partial charge in [0.25, 0.3) is 0 Å². The van der Waals surface area contributed by atoms with Crippen molar-refractivity contribution in [1.82, 2.24) is 0 Å². The summed E-state index contributed by atoms with van der Waals surface area (Å²) in [6, 6.07) is 14.5. The number of hydrogen-bond acceptors (Lipinski definition) is 3. The first-order valence-corrected chi connectivity index (χ1v) is 6.98. The Morgan fingerprint density at radius 2 is 1.95 bits per heavy atom. The molecule has 0 aliphatic carbocycles. The molecule has 0 radical (unpaired) electrons. The zero-order valence-electron chi connectivity index (χ0n) is 11.0. The number of ether oxygens (including phenoxy) is 1. The standard InChI is InChI=1S/C16H15BrO3/c1-16(19,13-5-3-2-4-6-13)11-20-14-7-8-15(17)12(9-14)10-18/h2-10,19H,11H2,1H3. The van der Waals surface area contributed by atoms with Crippen LogP contribution < -0.4 is 4.74 Å². The fourth-order valence-electron chi connectivity index (χ4n) is 1.81. The van der Waals surface area contributed by atoms with Crippen molar-refractivity contribution < 1.29 is 14.6 Å². The highest BCUT2D eigenvalue weighted by Gasteiger charge is 2.23. The van der Waals surface area contributed by atoms with E-state index in [0.29, 0.717) is 11.3 Å². The van der Waals surface area contributed by atoms with Crippen molar-refractivity contribution in [2.24, 2.45) is 0 Å². The van der Waals surface area contributed by atoms with E-state index in [1.807, 2.05) is 30.3 Å². The van der Waals surface area contributed by atoms with Gasteiger partial charge in [-0.1, -0.05) is 46.3 Å². The highest BCUT2D eigenvalue weighted by molar-refractivity contribution is 9.10. The lowest BCUT2D eigenvalue weighted by Gasteiger charge is -2.24. The molecule has 0 fully saturated rings. The Morgan fingerprint density at radius 1 is 1.25 bits per heavy atom. The van der Waals surface area contributed by atoms with Gasteiger partial charge in [0.2, 0.25) is 0 Å². The Hall–Kier alpha value is -1.65. The fourth-order valence-corrected chi connectivity index (χ4v) is 2.15. The van der Waals surface area contributed by atoms with Crippen molar-refractivity contribution in [2.75, 3.05) is 6.61 Å². The average Bonchev–Trinajstić information content (AvgIpc) is 2.47. The van der Waals surface area contributed by atoms with Gasteiger partial charge in [0, 0.05) is 10.0 Å². The van der Waals surface area contributed by atoms with Crippen LogP contribution in [0.15, 0.2) is 53.0 Å². The van der Waals surface area contributed by atoms with E-state index in [2.05, 4.69) is 15.9 Å². The summed E-state index contributed by atoms with van der Waals surface area (Å²) in [6.07, 6.45) is 0.756. The first kappa shape index (κ1) is 14.8. The molecule has 0 bridgehead atoms. The predicted molar refractivity (Wildman–Crippen MR) is 81.0 cm³/mol. The molecular weight excluding hydrogens is 320 g/mol. The second-order valence-electron chi connectivity index (χ2n) is 4.73. The van der Waals surface area contributed by atoms with E-state index in [1.54, 1.807) is 25.1 Å². The van der Waals surface area contributed by atoms with Gasteiger partial charge < -0.3 is 9.84 Å². The second-order valence-corrected chi connectivity index (χ2v) is 5.58. The minimum Gasteiger partial charge on any atom is -0.490 e. The normalized spacial score (nSPS) is 13.6. The molecule has 0 aliphatic heterocycles. The molecule has 104 valence electrons. The van der Waals surface area contributed by atoms with Crippen LogP contribution in [0.3, 0.4) is 0 Å². The maximum absolute atomic E-state index is 10.9. The molecule has 2 aromatic carbocycles. The summed E-state index contributed by atoms with van der Waals surface area (Å²) in [7, 11) is 0. The number of carbonyl (C=O) groups is 1. The maximum Gasteiger partial charge on any atom is 0.151 e. The lowest BCUT2D eigenvalue weighted by atomic mass is 9.97. The smallest absolute Gasteiger partial charge is 0.151 e. The van der Waals surface area contributed by atoms with Gasteiger partial charge in [0.05, 0.1) is 0 Å². The SMILES string of the molecule is CC(O)(COc1ccc(Br)c(C=O)c1)c1ccccc1. The van der Waals surface area contributed by atoms with Crippen LogP contribution in [0.1, 0.15) is 22.8 Å². The Kier molecular flexibility index (Phi) is 4.57. The van der Waals surface area contributed by atoms with Gasteiger partial charge in [-0.05, 0) is 30.7 Å². The van der Waals surface area contributed by atoms with Crippen LogP contribution in [-0.2, 0) is 5.60 Å². The first-order valence-electron chi connectivity index (χ1n) is 6.18.